The highest BCUT2D eigenvalue weighted by molar-refractivity contribution is 7.91. The summed E-state index contributed by atoms with van der Waals surface area (Å²) in [6.45, 7) is 2.99. The first-order valence-electron chi connectivity index (χ1n) is 7.25. The topological polar surface area (TPSA) is 117 Å². The molecule has 0 saturated heterocycles. The van der Waals surface area contributed by atoms with Crippen molar-refractivity contribution in [3.05, 3.63) is 40.7 Å². The van der Waals surface area contributed by atoms with E-state index >= 15 is 0 Å². The highest BCUT2D eigenvalue weighted by atomic mass is 32.2. The van der Waals surface area contributed by atoms with E-state index in [1.54, 1.807) is 11.4 Å². The van der Waals surface area contributed by atoms with Gasteiger partial charge in [-0.1, -0.05) is 6.07 Å². The van der Waals surface area contributed by atoms with Crippen LogP contribution in [-0.4, -0.2) is 43.4 Å². The molecule has 0 bridgehead atoms. The molecule has 0 aliphatic carbocycles. The number of nitrogens with zero attached hydrogens (tertiary/aromatic N) is 1. The van der Waals surface area contributed by atoms with Crippen LogP contribution in [0.15, 0.2) is 32.2 Å². The molecule has 136 valence electrons. The number of hydrogen-bond acceptors (Lipinski definition) is 6. The Bertz CT molecular complexity index is 870. The van der Waals surface area contributed by atoms with Crippen LogP contribution in [0.5, 0.6) is 0 Å². The van der Waals surface area contributed by atoms with E-state index in [1.807, 2.05) is 0 Å². The second-order valence-electron chi connectivity index (χ2n) is 5.46. The lowest BCUT2D eigenvalue weighted by Gasteiger charge is -2.21. The molecule has 2 N–H and O–H groups in total. The highest BCUT2D eigenvalue weighted by Crippen LogP contribution is 2.18. The van der Waals surface area contributed by atoms with Gasteiger partial charge in [-0.2, -0.15) is 4.72 Å². The molecule has 1 atom stereocenters. The summed E-state index contributed by atoms with van der Waals surface area (Å²) in [6.07, 6.45) is 0. The summed E-state index contributed by atoms with van der Waals surface area (Å²) < 4.78 is 32.1. The zero-order valence-electron chi connectivity index (χ0n) is 13.8. The number of carboxylic acids is 1. The number of aryl methyl sites for hydroxylation is 1. The standard InChI is InChI=1S/C15H18N2O6S2/c1-9(16-25(21,22)13-5-4-6-24-13)14(18)17(3)8-11-7-12(15(19)20)10(2)23-11/h4-7,9,16H,8H2,1-3H3,(H,19,20). The second-order valence-corrected chi connectivity index (χ2v) is 8.35. The predicted molar refractivity (Wildman–Crippen MR) is 91.0 cm³/mol. The fraction of sp³-hybridized carbons (Fsp3) is 0.333. The summed E-state index contributed by atoms with van der Waals surface area (Å²) >= 11 is 1.06. The van der Waals surface area contributed by atoms with Crippen LogP contribution in [0.25, 0.3) is 0 Å². The fourth-order valence-corrected chi connectivity index (χ4v) is 4.44. The molecule has 25 heavy (non-hydrogen) atoms. The first kappa shape index (κ1) is 19.2. The maximum Gasteiger partial charge on any atom is 0.339 e. The number of carbonyl (C=O) groups is 2. The molecule has 0 fully saturated rings. The maximum absolute atomic E-state index is 12.4. The van der Waals surface area contributed by atoms with E-state index < -0.39 is 27.9 Å². The minimum atomic E-state index is -3.76. The number of rotatable bonds is 7. The number of aromatic carboxylic acids is 1. The minimum Gasteiger partial charge on any atom is -0.478 e. The van der Waals surface area contributed by atoms with Crippen molar-refractivity contribution in [2.45, 2.75) is 30.6 Å². The molecular weight excluding hydrogens is 368 g/mol. The molecule has 0 spiro atoms. The Hall–Kier alpha value is -2.17. The first-order valence-corrected chi connectivity index (χ1v) is 9.61. The van der Waals surface area contributed by atoms with Gasteiger partial charge in [0.2, 0.25) is 5.91 Å². The van der Waals surface area contributed by atoms with Crippen LogP contribution in [-0.2, 0) is 21.4 Å². The molecule has 2 aromatic rings. The van der Waals surface area contributed by atoms with Crippen molar-refractivity contribution in [1.82, 2.24) is 9.62 Å². The third-order valence-corrected chi connectivity index (χ3v) is 6.37. The van der Waals surface area contributed by atoms with E-state index in [0.717, 1.165) is 11.3 Å². The molecule has 0 aromatic carbocycles. The fourth-order valence-electron chi connectivity index (χ4n) is 2.23. The minimum absolute atomic E-state index is 0.0258. The molecule has 2 aromatic heterocycles. The van der Waals surface area contributed by atoms with Gasteiger partial charge in [-0.05, 0) is 31.4 Å². The molecule has 0 aliphatic heterocycles. The Morgan fingerprint density at radius 2 is 2.12 bits per heavy atom. The van der Waals surface area contributed by atoms with E-state index in [1.165, 1.54) is 37.9 Å². The molecule has 0 radical (unpaired) electrons. The van der Waals surface area contributed by atoms with E-state index in [9.17, 15) is 18.0 Å². The zero-order valence-corrected chi connectivity index (χ0v) is 15.5. The first-order chi connectivity index (χ1) is 11.6. The van der Waals surface area contributed by atoms with Crippen molar-refractivity contribution in [3.8, 4) is 0 Å². The summed E-state index contributed by atoms with van der Waals surface area (Å²) in [5, 5.41) is 10.6. The number of likely N-dealkylation sites (N-methyl/N-ethyl adjacent to an activating group) is 1. The molecule has 1 amide bonds. The van der Waals surface area contributed by atoms with Crippen LogP contribution in [0, 0.1) is 6.92 Å². The monoisotopic (exact) mass is 386 g/mol. The van der Waals surface area contributed by atoms with Gasteiger partial charge < -0.3 is 14.4 Å². The van der Waals surface area contributed by atoms with E-state index in [-0.39, 0.29) is 22.1 Å². The van der Waals surface area contributed by atoms with Crippen molar-refractivity contribution in [1.29, 1.82) is 0 Å². The van der Waals surface area contributed by atoms with Gasteiger partial charge in [0.25, 0.3) is 10.0 Å². The smallest absolute Gasteiger partial charge is 0.339 e. The third kappa shape index (κ3) is 4.47. The molecule has 10 heteroatoms. The summed E-state index contributed by atoms with van der Waals surface area (Å²) in [6, 6.07) is 3.43. The Balaban J connectivity index is 2.04. The van der Waals surface area contributed by atoms with Crippen molar-refractivity contribution in [2.75, 3.05) is 7.05 Å². The number of amides is 1. The zero-order chi connectivity index (χ0) is 18.8. The summed E-state index contributed by atoms with van der Waals surface area (Å²) in [5.41, 5.74) is 0.0299. The number of sulfonamides is 1. The SMILES string of the molecule is Cc1oc(CN(C)C(=O)C(C)NS(=O)(=O)c2cccs2)cc1C(=O)O. The summed E-state index contributed by atoms with van der Waals surface area (Å²) in [4.78, 5) is 24.6. The summed E-state index contributed by atoms with van der Waals surface area (Å²) in [7, 11) is -2.28. The Morgan fingerprint density at radius 1 is 1.44 bits per heavy atom. The molecule has 0 aliphatic rings. The number of nitrogens with one attached hydrogen (secondary N) is 1. The van der Waals surface area contributed by atoms with Crippen molar-refractivity contribution in [2.24, 2.45) is 0 Å². The molecule has 2 heterocycles. The third-order valence-electron chi connectivity index (χ3n) is 3.43. The largest absolute Gasteiger partial charge is 0.478 e. The lowest BCUT2D eigenvalue weighted by molar-refractivity contribution is -0.132. The number of furan rings is 1. The molecular formula is C15H18N2O6S2. The number of carboxylic acid groups (broad SMARTS) is 1. The van der Waals surface area contributed by atoms with Crippen LogP contribution in [0.2, 0.25) is 0 Å². The Morgan fingerprint density at radius 3 is 2.64 bits per heavy atom. The van der Waals surface area contributed by atoms with Gasteiger partial charge in [0.05, 0.1) is 12.6 Å². The molecule has 0 saturated carbocycles. The normalized spacial score (nSPS) is 12.8. The highest BCUT2D eigenvalue weighted by Gasteiger charge is 2.26. The van der Waals surface area contributed by atoms with Crippen molar-refractivity contribution < 1.29 is 27.5 Å². The molecule has 8 nitrogen and oxygen atoms in total. The number of hydrogen-bond donors (Lipinski definition) is 2. The van der Waals surface area contributed by atoms with E-state index in [2.05, 4.69) is 4.72 Å². The van der Waals surface area contributed by atoms with Crippen molar-refractivity contribution in [3.63, 3.8) is 0 Å². The van der Waals surface area contributed by atoms with Crippen LogP contribution in [0.4, 0.5) is 0 Å². The maximum atomic E-state index is 12.4. The molecule has 2 rings (SSSR count). The van der Waals surface area contributed by atoms with Gasteiger partial charge in [-0.15, -0.1) is 11.3 Å². The Kier molecular flexibility index (Phi) is 5.65. The average Bonchev–Trinajstić information content (AvgIpc) is 3.15. The van der Waals surface area contributed by atoms with E-state index in [4.69, 9.17) is 9.52 Å². The van der Waals surface area contributed by atoms with Gasteiger partial charge in [-0.25, -0.2) is 13.2 Å². The van der Waals surface area contributed by atoms with Gasteiger partial charge in [0.15, 0.2) is 0 Å². The van der Waals surface area contributed by atoms with Gasteiger partial charge in [0.1, 0.15) is 21.3 Å². The van der Waals surface area contributed by atoms with Crippen LogP contribution >= 0.6 is 11.3 Å². The lowest BCUT2D eigenvalue weighted by atomic mass is 10.2. The number of carbonyl (C=O) groups excluding carboxylic acids is 1. The van der Waals surface area contributed by atoms with Crippen LogP contribution in [0.3, 0.4) is 0 Å². The second kappa shape index (κ2) is 7.38. The Labute approximate surface area is 149 Å². The summed E-state index contributed by atoms with van der Waals surface area (Å²) in [5.74, 6) is -1.03. The van der Waals surface area contributed by atoms with Gasteiger partial charge >= 0.3 is 5.97 Å². The van der Waals surface area contributed by atoms with E-state index in [0.29, 0.717) is 5.76 Å². The van der Waals surface area contributed by atoms with Gasteiger partial charge in [0, 0.05) is 7.05 Å². The predicted octanol–water partition coefficient (Wildman–Crippen LogP) is 1.67. The van der Waals surface area contributed by atoms with Gasteiger partial charge in [-0.3, -0.25) is 4.79 Å². The van der Waals surface area contributed by atoms with Crippen molar-refractivity contribution >= 4 is 33.2 Å². The quantitative estimate of drug-likeness (QED) is 0.748. The lowest BCUT2D eigenvalue weighted by Crippen LogP contribution is -2.45. The van der Waals surface area contributed by atoms with Crippen LogP contribution in [0.1, 0.15) is 28.8 Å². The number of thiophene rings is 1. The van der Waals surface area contributed by atoms with Crippen LogP contribution < -0.4 is 4.72 Å². The average molecular weight is 386 g/mol. The molecule has 1 unspecified atom stereocenters.